The number of hydrogen-bond donors (Lipinski definition) is 1. The number of benzene rings is 1. The third-order valence-corrected chi connectivity index (χ3v) is 2.58. The van der Waals surface area contributed by atoms with Gasteiger partial charge in [0.1, 0.15) is 0 Å². The van der Waals surface area contributed by atoms with E-state index < -0.39 is 6.29 Å². The maximum atomic E-state index is 13.0. The third kappa shape index (κ3) is 3.03. The number of rotatable bonds is 3. The van der Waals surface area contributed by atoms with Gasteiger partial charge in [0.15, 0.2) is 11.5 Å². The average Bonchev–Trinajstić information content (AvgIpc) is 2.49. The molecule has 0 radical (unpaired) electrons. The molecular formula is C12H16ClF2NO2. The van der Waals surface area contributed by atoms with Crippen LogP contribution in [0.4, 0.5) is 8.78 Å². The molecule has 0 unspecified atom stereocenters. The predicted octanol–water partition coefficient (Wildman–Crippen LogP) is 3.48. The molecule has 0 bridgehead atoms. The summed E-state index contributed by atoms with van der Waals surface area (Å²) in [4.78, 5) is 0. The zero-order chi connectivity index (χ0) is 12.6. The molecule has 1 aliphatic rings. The van der Waals surface area contributed by atoms with Crippen molar-refractivity contribution in [2.45, 2.75) is 32.6 Å². The number of halogens is 3. The molecule has 1 aromatic rings. The fraction of sp³-hybridized carbons (Fsp3) is 0.500. The van der Waals surface area contributed by atoms with Crippen LogP contribution in [0, 0.1) is 5.92 Å². The second-order valence-electron chi connectivity index (χ2n) is 4.58. The summed E-state index contributed by atoms with van der Waals surface area (Å²) >= 11 is 0. The molecule has 1 atom stereocenters. The Hall–Kier alpha value is -1.07. The summed E-state index contributed by atoms with van der Waals surface area (Å²) in [6, 6.07) is 4.44. The van der Waals surface area contributed by atoms with Crippen LogP contribution >= 0.6 is 12.4 Å². The van der Waals surface area contributed by atoms with Crippen LogP contribution in [-0.4, -0.2) is 6.29 Å². The van der Waals surface area contributed by atoms with Gasteiger partial charge in [-0.05, 0) is 18.4 Å². The first-order valence-corrected chi connectivity index (χ1v) is 5.53. The van der Waals surface area contributed by atoms with Crippen molar-refractivity contribution in [3.05, 3.63) is 23.8 Å². The molecule has 0 amide bonds. The van der Waals surface area contributed by atoms with Gasteiger partial charge in [-0.1, -0.05) is 26.0 Å². The molecule has 0 aromatic heterocycles. The predicted molar refractivity (Wildman–Crippen MR) is 66.3 cm³/mol. The molecule has 18 heavy (non-hydrogen) atoms. The van der Waals surface area contributed by atoms with Gasteiger partial charge in [0.05, 0.1) is 0 Å². The Kier molecular flexibility index (Phi) is 4.40. The Morgan fingerprint density at radius 1 is 1.28 bits per heavy atom. The number of nitrogens with two attached hydrogens (primary N) is 1. The van der Waals surface area contributed by atoms with Gasteiger partial charge < -0.3 is 15.2 Å². The van der Waals surface area contributed by atoms with Gasteiger partial charge >= 0.3 is 6.29 Å². The first-order valence-electron chi connectivity index (χ1n) is 5.53. The largest absolute Gasteiger partial charge is 0.586 e. The summed E-state index contributed by atoms with van der Waals surface area (Å²) in [5.74, 6) is 0.487. The van der Waals surface area contributed by atoms with E-state index in [0.29, 0.717) is 17.9 Å². The van der Waals surface area contributed by atoms with Crippen molar-refractivity contribution < 1.29 is 18.3 Å². The van der Waals surface area contributed by atoms with Crippen LogP contribution in [0.5, 0.6) is 11.5 Å². The second-order valence-corrected chi connectivity index (χ2v) is 4.58. The topological polar surface area (TPSA) is 44.5 Å². The lowest BCUT2D eigenvalue weighted by Gasteiger charge is -2.16. The van der Waals surface area contributed by atoms with Crippen molar-refractivity contribution in [3.8, 4) is 11.5 Å². The molecule has 0 spiro atoms. The summed E-state index contributed by atoms with van der Waals surface area (Å²) in [6.07, 6.45) is -2.89. The number of alkyl halides is 2. The summed E-state index contributed by atoms with van der Waals surface area (Å²) in [6.45, 7) is 4.05. The highest BCUT2D eigenvalue weighted by Gasteiger charge is 2.44. The average molecular weight is 280 g/mol. The molecule has 2 rings (SSSR count). The lowest BCUT2D eigenvalue weighted by atomic mass is 9.97. The first kappa shape index (κ1) is 15.0. The fourth-order valence-electron chi connectivity index (χ4n) is 1.92. The molecule has 102 valence electrons. The van der Waals surface area contributed by atoms with E-state index in [-0.39, 0.29) is 29.9 Å². The van der Waals surface area contributed by atoms with Gasteiger partial charge in [0.25, 0.3) is 0 Å². The molecule has 6 heteroatoms. The number of fused-ring (bicyclic) bond motifs is 1. The minimum absolute atomic E-state index is 0. The van der Waals surface area contributed by atoms with Crippen molar-refractivity contribution in [2.75, 3.05) is 0 Å². The maximum absolute atomic E-state index is 13.0. The molecule has 0 aliphatic carbocycles. The van der Waals surface area contributed by atoms with Crippen molar-refractivity contribution >= 4 is 12.4 Å². The van der Waals surface area contributed by atoms with Gasteiger partial charge in [-0.3, -0.25) is 0 Å². The smallest absolute Gasteiger partial charge is 0.395 e. The van der Waals surface area contributed by atoms with Gasteiger partial charge in [0.2, 0.25) is 0 Å². The van der Waals surface area contributed by atoms with E-state index in [1.165, 1.54) is 6.07 Å². The first-order chi connectivity index (χ1) is 7.89. The highest BCUT2D eigenvalue weighted by molar-refractivity contribution is 5.85. The molecule has 1 heterocycles. The zero-order valence-electron chi connectivity index (χ0n) is 10.2. The SMILES string of the molecule is CC(C)C[C@H](N)c1cccc2c1OC(F)(F)O2.Cl. The van der Waals surface area contributed by atoms with Gasteiger partial charge in [-0.2, -0.15) is 0 Å². The maximum Gasteiger partial charge on any atom is 0.586 e. The van der Waals surface area contributed by atoms with Gasteiger partial charge in [-0.25, -0.2) is 0 Å². The van der Waals surface area contributed by atoms with Crippen LogP contribution in [0.2, 0.25) is 0 Å². The minimum Gasteiger partial charge on any atom is -0.395 e. The summed E-state index contributed by atoms with van der Waals surface area (Å²) in [5, 5.41) is 0. The molecule has 0 saturated carbocycles. The molecule has 3 nitrogen and oxygen atoms in total. The lowest BCUT2D eigenvalue weighted by molar-refractivity contribution is -0.287. The Morgan fingerprint density at radius 2 is 1.94 bits per heavy atom. The van der Waals surface area contributed by atoms with Crippen LogP contribution in [-0.2, 0) is 0 Å². The van der Waals surface area contributed by atoms with E-state index in [2.05, 4.69) is 9.47 Å². The zero-order valence-corrected chi connectivity index (χ0v) is 11.0. The monoisotopic (exact) mass is 279 g/mol. The van der Waals surface area contributed by atoms with Crippen LogP contribution in [0.25, 0.3) is 0 Å². The van der Waals surface area contributed by atoms with Gasteiger partial charge in [-0.15, -0.1) is 21.2 Å². The molecule has 0 saturated heterocycles. The van der Waals surface area contributed by atoms with E-state index in [1.807, 2.05) is 13.8 Å². The van der Waals surface area contributed by atoms with Crippen molar-refractivity contribution in [1.29, 1.82) is 0 Å². The fourth-order valence-corrected chi connectivity index (χ4v) is 1.92. The van der Waals surface area contributed by atoms with Crippen molar-refractivity contribution in [2.24, 2.45) is 11.7 Å². The normalized spacial score (nSPS) is 17.4. The van der Waals surface area contributed by atoms with E-state index in [4.69, 9.17) is 5.73 Å². The minimum atomic E-state index is -3.59. The quantitative estimate of drug-likeness (QED) is 0.921. The molecule has 1 aromatic carbocycles. The van der Waals surface area contributed by atoms with Crippen LogP contribution in [0.15, 0.2) is 18.2 Å². The third-order valence-electron chi connectivity index (χ3n) is 2.58. The Labute approximate surface area is 111 Å². The highest BCUT2D eigenvalue weighted by atomic mass is 35.5. The van der Waals surface area contributed by atoms with Crippen molar-refractivity contribution in [1.82, 2.24) is 0 Å². The number of ether oxygens (including phenoxy) is 2. The standard InChI is InChI=1S/C12H15F2NO2.ClH/c1-7(2)6-9(15)8-4-3-5-10-11(8)17-12(13,14)16-10;/h3-5,7,9H,6,15H2,1-2H3;1H/t9-;/m0./s1. The van der Waals surface area contributed by atoms with E-state index in [1.54, 1.807) is 12.1 Å². The second kappa shape index (κ2) is 5.28. The van der Waals surface area contributed by atoms with Crippen LogP contribution in [0.3, 0.4) is 0 Å². The van der Waals surface area contributed by atoms with Gasteiger partial charge in [0, 0.05) is 11.6 Å². The highest BCUT2D eigenvalue weighted by Crippen LogP contribution is 2.45. The van der Waals surface area contributed by atoms with E-state index >= 15 is 0 Å². The Morgan fingerprint density at radius 3 is 2.56 bits per heavy atom. The number of hydrogen-bond acceptors (Lipinski definition) is 3. The van der Waals surface area contributed by atoms with E-state index in [9.17, 15) is 8.78 Å². The Balaban J connectivity index is 0.00000162. The van der Waals surface area contributed by atoms with E-state index in [0.717, 1.165) is 0 Å². The summed E-state index contributed by atoms with van der Waals surface area (Å²) < 4.78 is 34.8. The van der Waals surface area contributed by atoms with Crippen LogP contribution < -0.4 is 15.2 Å². The summed E-state index contributed by atoms with van der Waals surface area (Å²) in [5.41, 5.74) is 6.54. The molecule has 2 N–H and O–H groups in total. The lowest BCUT2D eigenvalue weighted by Crippen LogP contribution is -2.26. The summed E-state index contributed by atoms with van der Waals surface area (Å²) in [7, 11) is 0. The molecule has 1 aliphatic heterocycles. The Bertz CT molecular complexity index is 427. The van der Waals surface area contributed by atoms with Crippen molar-refractivity contribution in [3.63, 3.8) is 0 Å². The molecular weight excluding hydrogens is 264 g/mol. The molecule has 0 fully saturated rings. The number of para-hydroxylation sites is 1. The van der Waals surface area contributed by atoms with Crippen LogP contribution in [0.1, 0.15) is 31.9 Å².